The summed E-state index contributed by atoms with van der Waals surface area (Å²) in [5.74, 6) is 9.90. The third-order valence-electron chi connectivity index (χ3n) is 20.3. The van der Waals surface area contributed by atoms with Gasteiger partial charge in [-0.15, -0.1) is 0 Å². The Labute approximate surface area is 600 Å². The number of fused-ring (bicyclic) bond motifs is 4. The van der Waals surface area contributed by atoms with Crippen LogP contribution in [0.1, 0.15) is 115 Å². The number of benzene rings is 4. The highest BCUT2D eigenvalue weighted by Crippen LogP contribution is 2.51. The Bertz CT molecular complexity index is 4400. The van der Waals surface area contributed by atoms with Crippen molar-refractivity contribution in [2.75, 3.05) is 127 Å². The highest BCUT2D eigenvalue weighted by Gasteiger charge is 2.52. The van der Waals surface area contributed by atoms with Gasteiger partial charge in [0.05, 0.1) is 76.3 Å². The number of likely N-dealkylation sites (tertiary alicyclic amines) is 4. The summed E-state index contributed by atoms with van der Waals surface area (Å²) in [7, 11) is 9.39. The number of pyridine rings is 3. The third kappa shape index (κ3) is 17.5. The van der Waals surface area contributed by atoms with E-state index in [2.05, 4.69) is 53.6 Å². The minimum absolute atomic E-state index is 0.177. The van der Waals surface area contributed by atoms with E-state index in [-0.39, 0.29) is 12.2 Å². The number of furan rings is 3. The highest BCUT2D eigenvalue weighted by atomic mass is 16.5. The number of ether oxygens (including phenoxy) is 9. The van der Waals surface area contributed by atoms with Crippen LogP contribution in [-0.2, 0) is 0 Å². The summed E-state index contributed by atoms with van der Waals surface area (Å²) in [5.41, 5.74) is 7.18. The molecule has 10 heterocycles. The largest absolute Gasteiger partial charge is 0.493 e. The first kappa shape index (κ1) is 71.6. The normalized spacial score (nSPS) is 16.6. The summed E-state index contributed by atoms with van der Waals surface area (Å²) in [4.78, 5) is 24.5. The fraction of sp³-hybridized carbons (Fsp3) is 0.482. The molecule has 1 saturated carbocycles. The lowest BCUT2D eigenvalue weighted by Gasteiger charge is -2.57. The van der Waals surface area contributed by atoms with Gasteiger partial charge in [0.15, 0.2) is 46.0 Å². The van der Waals surface area contributed by atoms with E-state index in [0.717, 1.165) is 214 Å². The van der Waals surface area contributed by atoms with Crippen molar-refractivity contribution in [2.45, 2.75) is 130 Å². The number of methoxy groups -OCH3 is 3. The highest BCUT2D eigenvalue weighted by molar-refractivity contribution is 5.93. The molecule has 5 fully saturated rings. The van der Waals surface area contributed by atoms with Gasteiger partial charge in [0.25, 0.3) is 0 Å². The number of piperidine rings is 1. The van der Waals surface area contributed by atoms with Crippen LogP contribution in [0.2, 0.25) is 0 Å². The Hall–Kier alpha value is -8.75. The molecule has 102 heavy (non-hydrogen) atoms. The Morgan fingerprint density at radius 1 is 0.451 bits per heavy atom. The number of hydrogen-bond donors (Lipinski definition) is 0. The molecule has 1 aliphatic carbocycles. The molecule has 10 aromatic rings. The van der Waals surface area contributed by atoms with E-state index in [1.54, 1.807) is 27.6 Å². The summed E-state index contributed by atoms with van der Waals surface area (Å²) in [6, 6.07) is 33.8. The van der Waals surface area contributed by atoms with Gasteiger partial charge in [-0.2, -0.15) is 0 Å². The predicted octanol–water partition coefficient (Wildman–Crippen LogP) is 17.3. The number of aromatic nitrogens is 3. The molecule has 0 bridgehead atoms. The Kier molecular flexibility index (Phi) is 23.6. The maximum Gasteiger partial charge on any atom is 0.163 e. The molecule has 5 aliphatic rings. The Morgan fingerprint density at radius 3 is 1.41 bits per heavy atom. The maximum atomic E-state index is 6.59. The van der Waals surface area contributed by atoms with Crippen LogP contribution in [-0.4, -0.2) is 174 Å². The predicted molar refractivity (Wildman–Crippen MR) is 402 cm³/mol. The first-order chi connectivity index (χ1) is 49.8. The van der Waals surface area contributed by atoms with Crippen LogP contribution in [0.15, 0.2) is 123 Å². The van der Waals surface area contributed by atoms with Crippen LogP contribution < -0.4 is 42.6 Å². The number of nitrogens with zero attached hydrogens (tertiary/aromatic N) is 7. The molecule has 0 amide bonds. The average Bonchev–Trinajstić information content (AvgIpc) is 0.920. The second kappa shape index (κ2) is 33.6. The van der Waals surface area contributed by atoms with Gasteiger partial charge < -0.3 is 75.5 Å². The average molecular weight is 1390 g/mol. The summed E-state index contributed by atoms with van der Waals surface area (Å²) in [6.07, 6.45) is 17.7. The molecule has 6 aromatic heterocycles. The lowest BCUT2D eigenvalue weighted by molar-refractivity contribution is -0.109. The lowest BCUT2D eigenvalue weighted by Crippen LogP contribution is -2.63. The molecular weight excluding hydrogens is 1290 g/mol. The molecule has 1 spiro atoms. The van der Waals surface area contributed by atoms with E-state index in [0.29, 0.717) is 49.1 Å². The summed E-state index contributed by atoms with van der Waals surface area (Å²) < 4.78 is 72.1. The maximum absolute atomic E-state index is 6.59. The third-order valence-corrected chi connectivity index (χ3v) is 20.3. The van der Waals surface area contributed by atoms with Gasteiger partial charge in [-0.25, -0.2) is 15.0 Å². The molecule has 0 N–H and O–H groups in total. The Balaban J connectivity index is 0.000000137. The SMILES string of the molecule is CCCCOc1cc(-c2ccc(C)o2)nc2cc(OCCCN3CCCC3)c(OC)cc12.CCCCOc1cc(-c2ccc3occc3c2)nc2cc(OCCCN3CCCC3)c(OC)cc12.COc1cc2c(OC3CCN(C)CC3)cc(-c3ccc(C)o3)nc2cc1OC1CC2(C1)CN(C)C2. The van der Waals surface area contributed by atoms with E-state index in [1.165, 1.54) is 65.0 Å². The number of unbranched alkanes of at least 4 members (excludes halogenated alkanes) is 2. The summed E-state index contributed by atoms with van der Waals surface area (Å²) in [5, 5.41) is 3.82. The van der Waals surface area contributed by atoms with Crippen molar-refractivity contribution in [3.63, 3.8) is 0 Å². The van der Waals surface area contributed by atoms with Gasteiger partial charge in [0, 0.05) is 108 Å². The zero-order valence-electron chi connectivity index (χ0n) is 61.4. The van der Waals surface area contributed by atoms with Gasteiger partial charge >= 0.3 is 0 Å². The number of rotatable bonds is 28. The van der Waals surface area contributed by atoms with E-state index in [1.807, 2.05) is 111 Å². The van der Waals surface area contributed by atoms with Crippen molar-refractivity contribution in [3.05, 3.63) is 121 Å². The van der Waals surface area contributed by atoms with Crippen molar-refractivity contribution < 1.29 is 55.9 Å². The molecule has 0 atom stereocenters. The van der Waals surface area contributed by atoms with Crippen LogP contribution in [0.3, 0.4) is 0 Å². The lowest BCUT2D eigenvalue weighted by atomic mass is 9.62. The summed E-state index contributed by atoms with van der Waals surface area (Å²) in [6.45, 7) is 22.2. The smallest absolute Gasteiger partial charge is 0.163 e. The van der Waals surface area contributed by atoms with Crippen molar-refractivity contribution >= 4 is 43.7 Å². The van der Waals surface area contributed by atoms with Crippen molar-refractivity contribution in [3.8, 4) is 85.9 Å². The zero-order valence-corrected chi connectivity index (χ0v) is 61.4. The number of hydrogen-bond acceptors (Lipinski definition) is 19. The number of aryl methyl sites for hydroxylation is 2. The van der Waals surface area contributed by atoms with Crippen molar-refractivity contribution in [1.82, 2.24) is 34.6 Å². The van der Waals surface area contributed by atoms with Gasteiger partial charge in [-0.05, 0) is 198 Å². The van der Waals surface area contributed by atoms with Gasteiger partial charge in [0.1, 0.15) is 57.9 Å². The zero-order chi connectivity index (χ0) is 70.5. The summed E-state index contributed by atoms with van der Waals surface area (Å²) >= 11 is 0. The van der Waals surface area contributed by atoms with Crippen LogP contribution in [0.4, 0.5) is 0 Å². The van der Waals surface area contributed by atoms with E-state index in [4.69, 9.17) is 70.8 Å². The van der Waals surface area contributed by atoms with E-state index < -0.39 is 0 Å². The molecule has 4 aromatic carbocycles. The quantitative estimate of drug-likeness (QED) is 0.0423. The standard InChI is InChI=1S/C29H34N2O4.C28H35N3O4.C26H34N2O4/c1-3-4-14-33-27-19-24(21-8-9-26-22(17-21)10-16-35-26)30-25-20-29(28(32-2)18-23(25)27)34-15-7-13-31-11-5-6-12-31;1-18-5-6-24(33-18)23-13-25(34-19-7-9-30(2)10-8-19)21-11-26(32-4)27(12-22(21)29-23)35-20-14-28(15-20)16-31(3)17-28;1-4-5-14-30-24-18-22(23-10-9-19(2)32-23)27-21-17-26(25(29-3)16-20(21)24)31-15-8-13-28-11-6-7-12-28/h8-10,16-20H,3-7,11-15H2,1-2H3;5-6,11-13,19-20H,7-10,14-17H2,1-4H3;9-10,16-18H,4-8,11-15H2,1-3H3. The monoisotopic (exact) mass is 1390 g/mol. The second-order valence-corrected chi connectivity index (χ2v) is 28.4. The molecule has 542 valence electrons. The van der Waals surface area contributed by atoms with Crippen molar-refractivity contribution in [2.24, 2.45) is 5.41 Å². The van der Waals surface area contributed by atoms with Crippen molar-refractivity contribution in [1.29, 1.82) is 0 Å². The van der Waals surface area contributed by atoms with Crippen LogP contribution in [0.5, 0.6) is 51.7 Å². The first-order valence-electron chi connectivity index (χ1n) is 37.2. The van der Waals surface area contributed by atoms with Gasteiger partial charge in [-0.1, -0.05) is 26.7 Å². The van der Waals surface area contributed by atoms with Gasteiger partial charge in [-0.3, -0.25) is 0 Å². The topological polar surface area (TPSA) is 174 Å². The Morgan fingerprint density at radius 2 is 0.912 bits per heavy atom. The van der Waals surface area contributed by atoms with E-state index in [9.17, 15) is 0 Å². The van der Waals surface area contributed by atoms with Gasteiger partial charge in [0.2, 0.25) is 0 Å². The van der Waals surface area contributed by atoms with Crippen LogP contribution in [0.25, 0.3) is 77.8 Å². The fourth-order valence-electron chi connectivity index (χ4n) is 14.8. The molecule has 4 aliphatic heterocycles. The molecule has 0 unspecified atom stereocenters. The van der Waals surface area contributed by atoms with E-state index >= 15 is 0 Å². The molecule has 19 nitrogen and oxygen atoms in total. The second-order valence-electron chi connectivity index (χ2n) is 28.4. The molecule has 15 rings (SSSR count). The van der Waals surface area contributed by atoms with Crippen LogP contribution >= 0.6 is 0 Å². The van der Waals surface area contributed by atoms with Crippen LogP contribution in [0, 0.1) is 19.3 Å². The molecule has 4 saturated heterocycles. The molecular formula is C83H103N7O12. The molecule has 19 heteroatoms. The molecule has 0 radical (unpaired) electrons. The minimum Gasteiger partial charge on any atom is -0.493 e. The minimum atomic E-state index is 0.177. The fourth-order valence-corrected chi connectivity index (χ4v) is 14.8. The first-order valence-corrected chi connectivity index (χ1v) is 37.2.